The van der Waals surface area contributed by atoms with Gasteiger partial charge in [-0.15, -0.1) is 10.2 Å². The molecule has 0 radical (unpaired) electrons. The lowest BCUT2D eigenvalue weighted by atomic mass is 10.3. The Morgan fingerprint density at radius 1 is 1.67 bits per heavy atom. The van der Waals surface area contributed by atoms with Crippen molar-refractivity contribution < 1.29 is 4.79 Å². The minimum absolute atomic E-state index is 0.302. The molecule has 0 saturated carbocycles. The number of rotatable bonds is 6. The second kappa shape index (κ2) is 6.04. The predicted octanol–water partition coefficient (Wildman–Crippen LogP) is 0.402. The molecule has 0 aliphatic rings. The maximum absolute atomic E-state index is 11.0. The highest BCUT2D eigenvalue weighted by molar-refractivity contribution is 8.01. The Bertz CT molecular complexity index is 328. The molecule has 1 heterocycles. The van der Waals surface area contributed by atoms with Crippen LogP contribution in [0.3, 0.4) is 0 Å². The van der Waals surface area contributed by atoms with Crippen LogP contribution in [0.2, 0.25) is 0 Å². The molecule has 84 valence electrons. The lowest BCUT2D eigenvalue weighted by molar-refractivity contribution is -0.119. The molecule has 0 aliphatic heterocycles. The Hall–Kier alpha value is -0.660. The molecule has 5 nitrogen and oxygen atoms in total. The van der Waals surface area contributed by atoms with Gasteiger partial charge >= 0.3 is 0 Å². The SMILES string of the molecule is CCNC(CSc1nnc(C)s1)C(N)=O. The van der Waals surface area contributed by atoms with Crippen LogP contribution in [0, 0.1) is 6.92 Å². The molecule has 15 heavy (non-hydrogen) atoms. The predicted molar refractivity (Wildman–Crippen MR) is 62.0 cm³/mol. The quantitative estimate of drug-likeness (QED) is 0.710. The van der Waals surface area contributed by atoms with Gasteiger partial charge in [0.1, 0.15) is 5.01 Å². The number of amides is 1. The zero-order chi connectivity index (χ0) is 11.3. The number of likely N-dealkylation sites (N-methyl/N-ethyl adjacent to an activating group) is 1. The molecular weight excluding hydrogens is 232 g/mol. The van der Waals surface area contributed by atoms with Gasteiger partial charge in [0, 0.05) is 5.75 Å². The van der Waals surface area contributed by atoms with Gasteiger partial charge in [-0.25, -0.2) is 0 Å². The van der Waals surface area contributed by atoms with Crippen molar-refractivity contribution in [2.45, 2.75) is 24.2 Å². The number of carbonyl (C=O) groups is 1. The monoisotopic (exact) mass is 246 g/mol. The number of aromatic nitrogens is 2. The minimum Gasteiger partial charge on any atom is -0.368 e. The molecule has 1 aromatic heterocycles. The van der Waals surface area contributed by atoms with Crippen molar-refractivity contribution in [3.8, 4) is 0 Å². The number of hydrogen-bond acceptors (Lipinski definition) is 6. The standard InChI is InChI=1S/C8H14N4OS2/c1-3-10-6(7(9)13)4-14-8-12-11-5(2)15-8/h6,10H,3-4H2,1-2H3,(H2,9,13). The van der Waals surface area contributed by atoms with E-state index < -0.39 is 0 Å². The van der Waals surface area contributed by atoms with Crippen LogP contribution in [0.15, 0.2) is 4.34 Å². The first kappa shape index (κ1) is 12.4. The summed E-state index contributed by atoms with van der Waals surface area (Å²) in [5, 5.41) is 11.8. The van der Waals surface area contributed by atoms with E-state index in [0.717, 1.165) is 15.9 Å². The topological polar surface area (TPSA) is 80.9 Å². The molecule has 1 atom stereocenters. The first-order valence-electron chi connectivity index (χ1n) is 4.59. The number of aryl methyl sites for hydroxylation is 1. The second-order valence-electron chi connectivity index (χ2n) is 2.91. The van der Waals surface area contributed by atoms with Gasteiger partial charge in [-0.3, -0.25) is 4.79 Å². The van der Waals surface area contributed by atoms with Crippen LogP contribution in [-0.4, -0.2) is 34.4 Å². The Labute approximate surface area is 96.8 Å². The molecule has 0 bridgehead atoms. The van der Waals surface area contributed by atoms with E-state index in [4.69, 9.17) is 5.73 Å². The average molecular weight is 246 g/mol. The fourth-order valence-corrected chi connectivity index (χ4v) is 2.89. The summed E-state index contributed by atoms with van der Waals surface area (Å²) in [6.45, 7) is 4.57. The molecule has 1 amide bonds. The van der Waals surface area contributed by atoms with Gasteiger partial charge < -0.3 is 11.1 Å². The first-order valence-corrected chi connectivity index (χ1v) is 6.39. The second-order valence-corrected chi connectivity index (χ2v) is 5.36. The molecule has 3 N–H and O–H groups in total. The molecular formula is C8H14N4OS2. The zero-order valence-electron chi connectivity index (χ0n) is 8.69. The largest absolute Gasteiger partial charge is 0.368 e. The van der Waals surface area contributed by atoms with Crippen LogP contribution < -0.4 is 11.1 Å². The van der Waals surface area contributed by atoms with E-state index in [1.807, 2.05) is 13.8 Å². The highest BCUT2D eigenvalue weighted by Gasteiger charge is 2.14. The summed E-state index contributed by atoms with van der Waals surface area (Å²) in [7, 11) is 0. The summed E-state index contributed by atoms with van der Waals surface area (Å²) in [5.74, 6) is 0.267. The number of carbonyl (C=O) groups excluding carboxylic acids is 1. The molecule has 7 heteroatoms. The van der Waals surface area contributed by atoms with Crippen molar-refractivity contribution in [3.05, 3.63) is 5.01 Å². The Balaban J connectivity index is 2.43. The molecule has 1 unspecified atom stereocenters. The first-order chi connectivity index (χ1) is 7.13. The third kappa shape index (κ3) is 4.15. The van der Waals surface area contributed by atoms with E-state index >= 15 is 0 Å². The summed E-state index contributed by atoms with van der Waals surface area (Å²) < 4.78 is 0.872. The van der Waals surface area contributed by atoms with Crippen molar-refractivity contribution >= 4 is 29.0 Å². The molecule has 0 aliphatic carbocycles. The van der Waals surface area contributed by atoms with Gasteiger partial charge in [0.25, 0.3) is 0 Å². The summed E-state index contributed by atoms with van der Waals surface area (Å²) in [5.41, 5.74) is 5.24. The van der Waals surface area contributed by atoms with Crippen LogP contribution in [0.1, 0.15) is 11.9 Å². The van der Waals surface area contributed by atoms with Crippen molar-refractivity contribution in [1.82, 2.24) is 15.5 Å². The molecule has 0 fully saturated rings. The van der Waals surface area contributed by atoms with Crippen molar-refractivity contribution in [1.29, 1.82) is 0 Å². The van der Waals surface area contributed by atoms with Crippen molar-refractivity contribution in [2.24, 2.45) is 5.73 Å². The van der Waals surface area contributed by atoms with E-state index in [2.05, 4.69) is 15.5 Å². The van der Waals surface area contributed by atoms with E-state index in [9.17, 15) is 4.79 Å². The normalized spacial score (nSPS) is 12.7. The fourth-order valence-electron chi connectivity index (χ4n) is 0.979. The molecule has 0 saturated heterocycles. The van der Waals surface area contributed by atoms with Crippen molar-refractivity contribution in [2.75, 3.05) is 12.3 Å². The number of nitrogens with one attached hydrogen (secondary N) is 1. The smallest absolute Gasteiger partial charge is 0.235 e. The molecule has 1 rings (SSSR count). The third-order valence-electron chi connectivity index (χ3n) is 1.67. The number of thioether (sulfide) groups is 1. The summed E-state index contributed by atoms with van der Waals surface area (Å²) in [6.07, 6.45) is 0. The highest BCUT2D eigenvalue weighted by Crippen LogP contribution is 2.22. The van der Waals surface area contributed by atoms with E-state index in [1.54, 1.807) is 0 Å². The van der Waals surface area contributed by atoms with Crippen molar-refractivity contribution in [3.63, 3.8) is 0 Å². The van der Waals surface area contributed by atoms with E-state index in [-0.39, 0.29) is 11.9 Å². The minimum atomic E-state index is -0.328. The number of hydrogen-bond donors (Lipinski definition) is 2. The molecule has 1 aromatic rings. The fraction of sp³-hybridized carbons (Fsp3) is 0.625. The highest BCUT2D eigenvalue weighted by atomic mass is 32.2. The van der Waals surface area contributed by atoms with Crippen LogP contribution in [0.4, 0.5) is 0 Å². The average Bonchev–Trinajstić information content (AvgIpc) is 2.58. The van der Waals surface area contributed by atoms with Gasteiger partial charge in [-0.2, -0.15) is 0 Å². The molecule has 0 spiro atoms. The van der Waals surface area contributed by atoms with Gasteiger partial charge in [0.2, 0.25) is 5.91 Å². The summed E-state index contributed by atoms with van der Waals surface area (Å²) in [6, 6.07) is -0.302. The van der Waals surface area contributed by atoms with E-state index in [1.165, 1.54) is 23.1 Å². The Morgan fingerprint density at radius 3 is 2.87 bits per heavy atom. The maximum Gasteiger partial charge on any atom is 0.235 e. The Morgan fingerprint density at radius 2 is 2.40 bits per heavy atom. The molecule has 0 aromatic carbocycles. The van der Waals surface area contributed by atoms with Crippen LogP contribution in [0.5, 0.6) is 0 Å². The van der Waals surface area contributed by atoms with Crippen LogP contribution in [-0.2, 0) is 4.79 Å². The van der Waals surface area contributed by atoms with Gasteiger partial charge in [0.05, 0.1) is 6.04 Å². The lowest BCUT2D eigenvalue weighted by Crippen LogP contribution is -2.42. The van der Waals surface area contributed by atoms with Gasteiger partial charge in [0.15, 0.2) is 4.34 Å². The Kier molecular flexibility index (Phi) is 5.00. The summed E-state index contributed by atoms with van der Waals surface area (Å²) >= 11 is 3.02. The number of primary amides is 1. The van der Waals surface area contributed by atoms with Gasteiger partial charge in [-0.1, -0.05) is 30.0 Å². The number of nitrogens with two attached hydrogens (primary N) is 1. The zero-order valence-corrected chi connectivity index (χ0v) is 10.3. The van der Waals surface area contributed by atoms with Gasteiger partial charge in [-0.05, 0) is 13.5 Å². The van der Waals surface area contributed by atoms with Crippen LogP contribution in [0.25, 0.3) is 0 Å². The lowest BCUT2D eigenvalue weighted by Gasteiger charge is -2.11. The third-order valence-corrected chi connectivity index (χ3v) is 3.74. The number of nitrogens with zero attached hydrogens (tertiary/aromatic N) is 2. The van der Waals surface area contributed by atoms with Crippen LogP contribution >= 0.6 is 23.1 Å². The van der Waals surface area contributed by atoms with E-state index in [0.29, 0.717) is 5.75 Å². The summed E-state index contributed by atoms with van der Waals surface area (Å²) in [4.78, 5) is 11.0. The maximum atomic E-state index is 11.0.